The highest BCUT2D eigenvalue weighted by molar-refractivity contribution is 5.81. The highest BCUT2D eigenvalue weighted by atomic mass is 16.2. The van der Waals surface area contributed by atoms with Gasteiger partial charge in [-0.05, 0) is 52.7 Å². The van der Waals surface area contributed by atoms with Crippen molar-refractivity contribution in [1.29, 1.82) is 0 Å². The van der Waals surface area contributed by atoms with Crippen molar-refractivity contribution in [3.8, 4) is 0 Å². The van der Waals surface area contributed by atoms with Crippen LogP contribution in [0, 0.1) is 5.92 Å². The summed E-state index contributed by atoms with van der Waals surface area (Å²) in [6, 6.07) is 0.315. The van der Waals surface area contributed by atoms with E-state index in [1.54, 1.807) is 0 Å². The normalized spacial score (nSPS) is 25.9. The molecule has 0 aromatic rings. The van der Waals surface area contributed by atoms with E-state index in [9.17, 15) is 4.79 Å². The van der Waals surface area contributed by atoms with Gasteiger partial charge in [-0.1, -0.05) is 12.8 Å². The Morgan fingerprint density at radius 2 is 1.86 bits per heavy atom. The van der Waals surface area contributed by atoms with Gasteiger partial charge >= 0.3 is 0 Å². The van der Waals surface area contributed by atoms with E-state index in [1.165, 1.54) is 32.4 Å². The molecule has 160 valence electrons. The summed E-state index contributed by atoms with van der Waals surface area (Å²) in [5.74, 6) is 1.57. The quantitative estimate of drug-likeness (QED) is 0.521. The molecule has 3 fully saturated rings. The summed E-state index contributed by atoms with van der Waals surface area (Å²) < 4.78 is 0. The standard InChI is InChI=1S/C21H40N6O/c1-3-22-21(23-10-14-26-12-6-11-25(2)15-16-26)24-19-9-13-27(17-19)20(28)18-7-4-5-8-18/h18-19H,3-17H2,1-2H3,(H2,22,23,24). The van der Waals surface area contributed by atoms with Crippen molar-refractivity contribution >= 4 is 11.9 Å². The number of rotatable bonds is 6. The van der Waals surface area contributed by atoms with Crippen LogP contribution in [-0.4, -0.2) is 98.6 Å². The number of nitrogens with one attached hydrogen (secondary N) is 2. The second kappa shape index (κ2) is 11.0. The number of carbonyl (C=O) groups excluding carboxylic acids is 1. The first-order valence-corrected chi connectivity index (χ1v) is 11.4. The molecule has 0 aromatic heterocycles. The van der Waals surface area contributed by atoms with Crippen molar-refractivity contribution < 1.29 is 4.79 Å². The number of hydrogen-bond donors (Lipinski definition) is 2. The van der Waals surface area contributed by atoms with Crippen molar-refractivity contribution in [3.05, 3.63) is 0 Å². The van der Waals surface area contributed by atoms with Crippen LogP contribution in [0.15, 0.2) is 4.99 Å². The molecule has 2 saturated heterocycles. The molecule has 1 amide bonds. The molecular weight excluding hydrogens is 352 g/mol. The molecule has 1 aliphatic carbocycles. The topological polar surface area (TPSA) is 63.2 Å². The third kappa shape index (κ3) is 6.34. The molecule has 2 N–H and O–H groups in total. The lowest BCUT2D eigenvalue weighted by molar-refractivity contribution is -0.134. The zero-order chi connectivity index (χ0) is 19.8. The first-order valence-electron chi connectivity index (χ1n) is 11.4. The number of nitrogens with zero attached hydrogens (tertiary/aromatic N) is 4. The van der Waals surface area contributed by atoms with Crippen molar-refractivity contribution in [3.63, 3.8) is 0 Å². The van der Waals surface area contributed by atoms with Crippen molar-refractivity contribution in [2.75, 3.05) is 66.0 Å². The molecule has 0 radical (unpaired) electrons. The van der Waals surface area contributed by atoms with Crippen LogP contribution in [0.1, 0.15) is 45.4 Å². The molecule has 1 atom stereocenters. The average Bonchev–Trinajstić information content (AvgIpc) is 3.33. The molecule has 0 aromatic carbocycles. The van der Waals surface area contributed by atoms with E-state index < -0.39 is 0 Å². The monoisotopic (exact) mass is 392 g/mol. The number of hydrogen-bond acceptors (Lipinski definition) is 4. The van der Waals surface area contributed by atoms with Crippen LogP contribution < -0.4 is 10.6 Å². The summed E-state index contributed by atoms with van der Waals surface area (Å²) in [6.07, 6.45) is 6.87. The predicted octanol–water partition coefficient (Wildman–Crippen LogP) is 0.970. The summed E-state index contributed by atoms with van der Waals surface area (Å²) in [6.45, 7) is 11.1. The Morgan fingerprint density at radius 3 is 2.64 bits per heavy atom. The molecule has 2 heterocycles. The SMILES string of the molecule is CCNC(=NCCN1CCCN(C)CC1)NC1CCN(C(=O)C2CCCC2)C1. The van der Waals surface area contributed by atoms with Crippen LogP contribution in [0.25, 0.3) is 0 Å². The molecule has 3 rings (SSSR count). The zero-order valence-electron chi connectivity index (χ0n) is 18.0. The van der Waals surface area contributed by atoms with Gasteiger partial charge in [-0.15, -0.1) is 0 Å². The maximum absolute atomic E-state index is 12.6. The van der Waals surface area contributed by atoms with Crippen LogP contribution in [0.3, 0.4) is 0 Å². The molecule has 1 saturated carbocycles. The van der Waals surface area contributed by atoms with Crippen LogP contribution in [0.5, 0.6) is 0 Å². The fourth-order valence-corrected chi connectivity index (χ4v) is 4.65. The van der Waals surface area contributed by atoms with Gasteiger partial charge in [0.25, 0.3) is 0 Å². The Balaban J connectivity index is 1.43. The summed E-state index contributed by atoms with van der Waals surface area (Å²) >= 11 is 0. The third-order valence-corrected chi connectivity index (χ3v) is 6.39. The lowest BCUT2D eigenvalue weighted by Crippen LogP contribution is -2.45. The van der Waals surface area contributed by atoms with E-state index in [-0.39, 0.29) is 5.92 Å². The van der Waals surface area contributed by atoms with Crippen LogP contribution >= 0.6 is 0 Å². The predicted molar refractivity (Wildman–Crippen MR) is 115 cm³/mol. The minimum absolute atomic E-state index is 0.285. The van der Waals surface area contributed by atoms with Gasteiger partial charge in [0.15, 0.2) is 5.96 Å². The van der Waals surface area contributed by atoms with Gasteiger partial charge in [-0.3, -0.25) is 9.79 Å². The Bertz CT molecular complexity index is 519. The Hall–Kier alpha value is -1.34. The number of guanidine groups is 1. The molecule has 2 aliphatic heterocycles. The van der Waals surface area contributed by atoms with Gasteiger partial charge < -0.3 is 25.3 Å². The van der Waals surface area contributed by atoms with Gasteiger partial charge in [0.05, 0.1) is 6.54 Å². The minimum atomic E-state index is 0.285. The summed E-state index contributed by atoms with van der Waals surface area (Å²) in [7, 11) is 2.21. The molecule has 0 spiro atoms. The van der Waals surface area contributed by atoms with E-state index in [0.717, 1.165) is 71.0 Å². The molecule has 28 heavy (non-hydrogen) atoms. The van der Waals surface area contributed by atoms with Crippen molar-refractivity contribution in [2.45, 2.75) is 51.5 Å². The Kier molecular flexibility index (Phi) is 8.40. The van der Waals surface area contributed by atoms with Gasteiger partial charge in [-0.25, -0.2) is 0 Å². The van der Waals surface area contributed by atoms with Crippen molar-refractivity contribution in [2.24, 2.45) is 10.9 Å². The number of likely N-dealkylation sites (tertiary alicyclic amines) is 1. The lowest BCUT2D eigenvalue weighted by atomic mass is 10.1. The highest BCUT2D eigenvalue weighted by Crippen LogP contribution is 2.27. The zero-order valence-corrected chi connectivity index (χ0v) is 18.0. The third-order valence-electron chi connectivity index (χ3n) is 6.39. The van der Waals surface area contributed by atoms with E-state index >= 15 is 0 Å². The van der Waals surface area contributed by atoms with Gasteiger partial charge in [0.1, 0.15) is 0 Å². The maximum Gasteiger partial charge on any atom is 0.225 e. The Labute approximate surface area is 170 Å². The smallest absolute Gasteiger partial charge is 0.225 e. The largest absolute Gasteiger partial charge is 0.357 e. The first kappa shape index (κ1) is 21.4. The van der Waals surface area contributed by atoms with Crippen LogP contribution in [0.4, 0.5) is 0 Å². The number of aliphatic imine (C=N–C) groups is 1. The van der Waals surface area contributed by atoms with Gasteiger partial charge in [0, 0.05) is 51.2 Å². The number of likely N-dealkylation sites (N-methyl/N-ethyl adjacent to an activating group) is 1. The highest BCUT2D eigenvalue weighted by Gasteiger charge is 2.32. The number of carbonyl (C=O) groups is 1. The number of amides is 1. The van der Waals surface area contributed by atoms with Gasteiger partial charge in [0.2, 0.25) is 5.91 Å². The second-order valence-electron chi connectivity index (χ2n) is 8.65. The first-order chi connectivity index (χ1) is 13.7. The maximum atomic E-state index is 12.6. The minimum Gasteiger partial charge on any atom is -0.357 e. The molecule has 1 unspecified atom stereocenters. The van der Waals surface area contributed by atoms with E-state index in [0.29, 0.717) is 11.9 Å². The van der Waals surface area contributed by atoms with Crippen LogP contribution in [-0.2, 0) is 4.79 Å². The van der Waals surface area contributed by atoms with Crippen LogP contribution in [0.2, 0.25) is 0 Å². The molecular formula is C21H40N6O. The fourth-order valence-electron chi connectivity index (χ4n) is 4.65. The summed E-state index contributed by atoms with van der Waals surface area (Å²) in [5.41, 5.74) is 0. The molecule has 0 bridgehead atoms. The van der Waals surface area contributed by atoms with Crippen molar-refractivity contribution in [1.82, 2.24) is 25.3 Å². The second-order valence-corrected chi connectivity index (χ2v) is 8.65. The average molecular weight is 393 g/mol. The van der Waals surface area contributed by atoms with Gasteiger partial charge in [-0.2, -0.15) is 0 Å². The lowest BCUT2D eigenvalue weighted by Gasteiger charge is -2.22. The summed E-state index contributed by atoms with van der Waals surface area (Å²) in [5, 5.41) is 6.94. The molecule has 3 aliphatic rings. The Morgan fingerprint density at radius 1 is 1.04 bits per heavy atom. The van der Waals surface area contributed by atoms with E-state index in [1.807, 2.05) is 0 Å². The molecule has 7 heteroatoms. The summed E-state index contributed by atoms with van der Waals surface area (Å²) in [4.78, 5) is 24.5. The van der Waals surface area contributed by atoms with E-state index in [2.05, 4.69) is 39.3 Å². The van der Waals surface area contributed by atoms with E-state index in [4.69, 9.17) is 4.99 Å². The molecule has 7 nitrogen and oxygen atoms in total. The fraction of sp³-hybridized carbons (Fsp3) is 0.905.